The van der Waals surface area contributed by atoms with Crippen molar-refractivity contribution in [1.29, 1.82) is 0 Å². The van der Waals surface area contributed by atoms with E-state index >= 15 is 0 Å². The number of aliphatic hydroxyl groups is 2. The van der Waals surface area contributed by atoms with Crippen molar-refractivity contribution in [3.63, 3.8) is 0 Å². The molecule has 1 rings (SSSR count). The second kappa shape index (κ2) is 5.06. The average Bonchev–Trinajstić information content (AvgIpc) is 2.28. The third kappa shape index (κ3) is 2.18. The van der Waals surface area contributed by atoms with Crippen molar-refractivity contribution in [2.45, 2.75) is 57.0 Å². The van der Waals surface area contributed by atoms with E-state index in [0.717, 1.165) is 0 Å². The maximum atomic E-state index is 10.6. The highest BCUT2D eigenvalue weighted by atomic mass is 16.6. The van der Waals surface area contributed by atoms with Crippen molar-refractivity contribution in [1.82, 2.24) is 0 Å². The zero-order valence-electron chi connectivity index (χ0n) is 12.1. The van der Waals surface area contributed by atoms with Gasteiger partial charge in [0.1, 0.15) is 5.60 Å². The molecule has 1 aliphatic rings. The van der Waals surface area contributed by atoms with Crippen molar-refractivity contribution in [3.05, 3.63) is 0 Å². The Morgan fingerprint density at radius 1 is 1.33 bits per heavy atom. The zero-order valence-corrected chi connectivity index (χ0v) is 12.1. The Morgan fingerprint density at radius 3 is 2.28 bits per heavy atom. The quantitative estimate of drug-likeness (QED) is 0.677. The van der Waals surface area contributed by atoms with Gasteiger partial charge < -0.3 is 25.4 Å². The van der Waals surface area contributed by atoms with Gasteiger partial charge >= 0.3 is 0 Å². The summed E-state index contributed by atoms with van der Waals surface area (Å²) >= 11 is 0. The molecule has 1 aliphatic heterocycles. The monoisotopic (exact) mass is 261 g/mol. The van der Waals surface area contributed by atoms with Gasteiger partial charge in [0.15, 0.2) is 0 Å². The summed E-state index contributed by atoms with van der Waals surface area (Å²) in [6, 6.07) is 0. The Kier molecular flexibility index (Phi) is 4.45. The molecular weight excluding hydrogens is 234 g/mol. The molecule has 0 spiro atoms. The van der Waals surface area contributed by atoms with Crippen LogP contribution in [0.15, 0.2) is 0 Å². The molecule has 0 aliphatic carbocycles. The fraction of sp³-hybridized carbons (Fsp3) is 1.00. The molecule has 1 fully saturated rings. The first-order valence-corrected chi connectivity index (χ1v) is 6.45. The van der Waals surface area contributed by atoms with Gasteiger partial charge in [-0.05, 0) is 27.2 Å². The molecule has 0 amide bonds. The van der Waals surface area contributed by atoms with Gasteiger partial charge in [-0.1, -0.05) is 6.92 Å². The zero-order chi connectivity index (χ0) is 14.2. The Bertz CT molecular complexity index is 297. The fourth-order valence-electron chi connectivity index (χ4n) is 3.03. The lowest BCUT2D eigenvalue weighted by atomic mass is 9.65. The Hall–Kier alpha value is -0.200. The highest BCUT2D eigenvalue weighted by Crippen LogP contribution is 2.45. The maximum Gasteiger partial charge on any atom is 0.110 e. The van der Waals surface area contributed by atoms with Crippen molar-refractivity contribution >= 4 is 0 Å². The van der Waals surface area contributed by atoms with Crippen molar-refractivity contribution in [2.24, 2.45) is 11.7 Å². The predicted octanol–water partition coefficient (Wildman–Crippen LogP) is 0.277. The van der Waals surface area contributed by atoms with Crippen molar-refractivity contribution in [2.75, 3.05) is 20.3 Å². The topological polar surface area (TPSA) is 84.9 Å². The minimum Gasteiger partial charge on any atom is -0.393 e. The van der Waals surface area contributed by atoms with Crippen LogP contribution in [-0.2, 0) is 9.47 Å². The number of ether oxygens (including phenoxy) is 2. The van der Waals surface area contributed by atoms with Crippen LogP contribution in [0.2, 0.25) is 0 Å². The lowest BCUT2D eigenvalue weighted by molar-refractivity contribution is -0.290. The van der Waals surface area contributed by atoms with E-state index in [2.05, 4.69) is 0 Å². The average molecular weight is 261 g/mol. The van der Waals surface area contributed by atoms with Crippen molar-refractivity contribution in [3.8, 4) is 0 Å². The lowest BCUT2D eigenvalue weighted by Gasteiger charge is -2.59. The van der Waals surface area contributed by atoms with Crippen molar-refractivity contribution < 1.29 is 19.7 Å². The molecule has 2 unspecified atom stereocenters. The van der Waals surface area contributed by atoms with Crippen LogP contribution in [0.4, 0.5) is 0 Å². The van der Waals surface area contributed by atoms with Gasteiger partial charge in [-0.3, -0.25) is 0 Å². The molecule has 0 aromatic heterocycles. The largest absolute Gasteiger partial charge is 0.393 e. The SMILES string of the molecule is CC[C@H]1[C@@H](O)C(C)(N)[C@](C)(COC)OC1(C)CO. The molecule has 1 saturated heterocycles. The smallest absolute Gasteiger partial charge is 0.110 e. The van der Waals surface area contributed by atoms with Crippen LogP contribution in [0.5, 0.6) is 0 Å². The highest BCUT2D eigenvalue weighted by molar-refractivity contribution is 5.13. The summed E-state index contributed by atoms with van der Waals surface area (Å²) in [6.07, 6.45) is -0.0674. The number of nitrogens with two attached hydrogens (primary N) is 1. The molecule has 5 nitrogen and oxygen atoms in total. The first-order valence-electron chi connectivity index (χ1n) is 6.45. The lowest BCUT2D eigenvalue weighted by Crippen LogP contribution is -2.76. The summed E-state index contributed by atoms with van der Waals surface area (Å²) in [5.41, 5.74) is 3.71. The maximum absolute atomic E-state index is 10.6. The number of hydrogen-bond acceptors (Lipinski definition) is 5. The van der Waals surface area contributed by atoms with Crippen LogP contribution in [0.1, 0.15) is 34.1 Å². The van der Waals surface area contributed by atoms with E-state index in [1.165, 1.54) is 0 Å². The van der Waals surface area contributed by atoms with Gasteiger partial charge in [0, 0.05) is 13.0 Å². The van der Waals surface area contributed by atoms with Gasteiger partial charge in [0.25, 0.3) is 0 Å². The number of aliphatic hydroxyl groups excluding tert-OH is 2. The molecule has 0 radical (unpaired) electrons. The second-order valence-corrected chi connectivity index (χ2v) is 5.98. The van der Waals surface area contributed by atoms with E-state index in [-0.39, 0.29) is 19.1 Å². The summed E-state index contributed by atoms with van der Waals surface area (Å²) in [5.74, 6) is -0.206. The molecule has 1 heterocycles. The van der Waals surface area contributed by atoms with Gasteiger partial charge in [-0.15, -0.1) is 0 Å². The standard InChI is InChI=1S/C13H27NO4/c1-6-9-10(16)13(4,14)12(3,8-17-5)18-11(9,2)7-15/h9-10,15-16H,6-8,14H2,1-5H3/t9-,10+,11?,12-,13?/m0/s1. The first-order chi connectivity index (χ1) is 8.18. The molecule has 0 aromatic rings. The third-order valence-corrected chi connectivity index (χ3v) is 4.55. The molecule has 4 N–H and O–H groups in total. The molecule has 18 heavy (non-hydrogen) atoms. The number of methoxy groups -OCH3 is 1. The van der Waals surface area contributed by atoms with E-state index in [1.807, 2.05) is 20.8 Å². The molecule has 0 bridgehead atoms. The number of hydrogen-bond donors (Lipinski definition) is 3. The molecule has 0 saturated carbocycles. The van der Waals surface area contributed by atoms with Crippen LogP contribution in [0, 0.1) is 5.92 Å². The van der Waals surface area contributed by atoms with E-state index < -0.39 is 22.8 Å². The number of rotatable bonds is 4. The fourth-order valence-corrected chi connectivity index (χ4v) is 3.03. The summed E-state index contributed by atoms with van der Waals surface area (Å²) < 4.78 is 11.3. The second-order valence-electron chi connectivity index (χ2n) is 5.98. The highest BCUT2D eigenvalue weighted by Gasteiger charge is 2.60. The van der Waals surface area contributed by atoms with Crippen LogP contribution in [0.25, 0.3) is 0 Å². The Labute approximate surface area is 109 Å². The van der Waals surface area contributed by atoms with E-state index in [4.69, 9.17) is 15.2 Å². The van der Waals surface area contributed by atoms with Gasteiger partial charge in [0.05, 0.1) is 30.5 Å². The van der Waals surface area contributed by atoms with Crippen LogP contribution < -0.4 is 5.73 Å². The summed E-state index contributed by atoms with van der Waals surface area (Å²) in [4.78, 5) is 0. The predicted molar refractivity (Wildman–Crippen MR) is 69.2 cm³/mol. The Morgan fingerprint density at radius 2 is 1.89 bits per heavy atom. The molecule has 5 heteroatoms. The normalized spacial score (nSPS) is 49.3. The molecular formula is C13H27NO4. The van der Waals surface area contributed by atoms with E-state index in [0.29, 0.717) is 6.42 Å². The van der Waals surface area contributed by atoms with Crippen LogP contribution in [0.3, 0.4) is 0 Å². The summed E-state index contributed by atoms with van der Waals surface area (Å²) in [7, 11) is 1.57. The van der Waals surface area contributed by atoms with Gasteiger partial charge in [-0.25, -0.2) is 0 Å². The minimum atomic E-state index is -0.932. The van der Waals surface area contributed by atoms with Crippen LogP contribution >= 0.6 is 0 Å². The minimum absolute atomic E-state index is 0.155. The summed E-state index contributed by atoms with van der Waals surface area (Å²) in [6.45, 7) is 7.48. The van der Waals surface area contributed by atoms with Gasteiger partial charge in [0.2, 0.25) is 0 Å². The molecule has 108 valence electrons. The van der Waals surface area contributed by atoms with E-state index in [1.54, 1.807) is 14.0 Å². The Balaban J connectivity index is 3.19. The third-order valence-electron chi connectivity index (χ3n) is 4.55. The first kappa shape index (κ1) is 15.9. The molecule has 5 atom stereocenters. The molecule has 0 aromatic carbocycles. The summed E-state index contributed by atoms with van der Waals surface area (Å²) in [5, 5.41) is 20.2. The van der Waals surface area contributed by atoms with Crippen LogP contribution in [-0.4, -0.2) is 53.4 Å². The van der Waals surface area contributed by atoms with Gasteiger partial charge in [-0.2, -0.15) is 0 Å². The van der Waals surface area contributed by atoms with E-state index in [9.17, 15) is 10.2 Å².